The summed E-state index contributed by atoms with van der Waals surface area (Å²) < 4.78 is 7.14. The van der Waals surface area contributed by atoms with Crippen molar-refractivity contribution in [3.8, 4) is 0 Å². The van der Waals surface area contributed by atoms with Crippen LogP contribution in [0.1, 0.15) is 58.2 Å². The molecule has 1 aliphatic rings. The van der Waals surface area contributed by atoms with E-state index >= 15 is 0 Å². The van der Waals surface area contributed by atoms with Gasteiger partial charge in [0.25, 0.3) is 0 Å². The predicted molar refractivity (Wildman–Crippen MR) is 97.2 cm³/mol. The smallest absolute Gasteiger partial charge is 0.444 e. The van der Waals surface area contributed by atoms with E-state index in [0.717, 1.165) is 31.5 Å². The van der Waals surface area contributed by atoms with Crippen molar-refractivity contribution in [3.05, 3.63) is 24.2 Å². The Morgan fingerprint density at radius 2 is 2.08 bits per heavy atom. The predicted octanol–water partition coefficient (Wildman–Crippen LogP) is 0.960. The fourth-order valence-electron chi connectivity index (χ4n) is 3.39. The van der Waals surface area contributed by atoms with Crippen LogP contribution < -0.4 is 10.8 Å². The molecule has 2 aromatic heterocycles. The second-order valence-corrected chi connectivity index (χ2v) is 7.83. The second kappa shape index (κ2) is 7.24. The molecule has 3 N–H and O–H groups in total. The topological polar surface area (TPSA) is 109 Å². The molecular formula is C17H25BN4O4. The van der Waals surface area contributed by atoms with Gasteiger partial charge in [-0.2, -0.15) is 0 Å². The number of pyridine rings is 1. The molecule has 2 aromatic rings. The van der Waals surface area contributed by atoms with Gasteiger partial charge in [0.2, 0.25) is 0 Å². The van der Waals surface area contributed by atoms with Gasteiger partial charge in [-0.05, 0) is 51.6 Å². The van der Waals surface area contributed by atoms with Gasteiger partial charge in [-0.3, -0.25) is 4.40 Å². The summed E-state index contributed by atoms with van der Waals surface area (Å²) in [5.41, 5.74) is 0.521. The van der Waals surface area contributed by atoms with Crippen molar-refractivity contribution in [2.24, 2.45) is 0 Å². The molecule has 0 radical (unpaired) electrons. The second-order valence-electron chi connectivity index (χ2n) is 7.83. The Hall–Kier alpha value is -2.13. The Labute approximate surface area is 152 Å². The van der Waals surface area contributed by atoms with E-state index in [1.807, 2.05) is 20.8 Å². The van der Waals surface area contributed by atoms with Crippen LogP contribution in [0.4, 0.5) is 4.79 Å². The molecule has 0 spiro atoms. The fourth-order valence-corrected chi connectivity index (χ4v) is 3.39. The zero-order valence-corrected chi connectivity index (χ0v) is 15.3. The van der Waals surface area contributed by atoms with Crippen molar-refractivity contribution in [2.75, 3.05) is 0 Å². The highest BCUT2D eigenvalue weighted by Crippen LogP contribution is 2.32. The largest absolute Gasteiger partial charge is 0.489 e. The van der Waals surface area contributed by atoms with Gasteiger partial charge in [0.15, 0.2) is 5.65 Å². The first-order valence-corrected chi connectivity index (χ1v) is 8.93. The number of aromatic nitrogens is 3. The summed E-state index contributed by atoms with van der Waals surface area (Å²) in [6.45, 7) is 5.52. The molecule has 0 unspecified atom stereocenters. The van der Waals surface area contributed by atoms with E-state index in [-0.39, 0.29) is 12.0 Å². The molecule has 1 amide bonds. The zero-order valence-electron chi connectivity index (χ0n) is 15.3. The van der Waals surface area contributed by atoms with Gasteiger partial charge >= 0.3 is 13.2 Å². The molecule has 3 rings (SSSR count). The monoisotopic (exact) mass is 360 g/mol. The molecular weight excluding hydrogens is 335 g/mol. The lowest BCUT2D eigenvalue weighted by Crippen LogP contribution is -2.41. The Balaban J connectivity index is 1.74. The van der Waals surface area contributed by atoms with Crippen LogP contribution in [0.25, 0.3) is 5.65 Å². The average molecular weight is 360 g/mol. The first-order chi connectivity index (χ1) is 12.2. The fraction of sp³-hybridized carbons (Fsp3) is 0.588. The third-order valence-corrected chi connectivity index (χ3v) is 4.51. The van der Waals surface area contributed by atoms with E-state index < -0.39 is 18.8 Å². The van der Waals surface area contributed by atoms with Gasteiger partial charge in [-0.25, -0.2) is 4.79 Å². The molecule has 140 valence electrons. The van der Waals surface area contributed by atoms with Crippen LogP contribution in [-0.2, 0) is 4.74 Å². The van der Waals surface area contributed by atoms with Crippen molar-refractivity contribution in [2.45, 2.75) is 64.0 Å². The standard InChI is InChI=1S/C17H25BN4O4/c1-17(2,3)26-16(23)19-13-6-4-5-11(9-13)15-21-20-14-8-7-12(18(24)25)10-22(14)15/h7-8,10-11,13,24-25H,4-6,9H2,1-3H3,(H,19,23)/t11-,13+/m0/s1. The SMILES string of the molecule is CC(C)(C)OC(=O)N[C@@H]1CCC[C@H](c2nnc3ccc(B(O)O)cn23)C1. The molecule has 1 fully saturated rings. The van der Waals surface area contributed by atoms with Gasteiger partial charge in [-0.1, -0.05) is 12.5 Å². The molecule has 2 heterocycles. The number of nitrogens with zero attached hydrogens (tertiary/aromatic N) is 3. The number of alkyl carbamates (subject to hydrolysis) is 1. The van der Waals surface area contributed by atoms with E-state index in [1.165, 1.54) is 0 Å². The average Bonchev–Trinajstić information content (AvgIpc) is 2.96. The maximum Gasteiger partial charge on any atom is 0.489 e. The van der Waals surface area contributed by atoms with Gasteiger partial charge in [-0.15, -0.1) is 10.2 Å². The van der Waals surface area contributed by atoms with Crippen molar-refractivity contribution < 1.29 is 19.6 Å². The Bertz CT molecular complexity index is 787. The maximum atomic E-state index is 12.0. The number of nitrogens with one attached hydrogen (secondary N) is 1. The van der Waals surface area contributed by atoms with Crippen molar-refractivity contribution in [1.82, 2.24) is 19.9 Å². The Morgan fingerprint density at radius 3 is 2.77 bits per heavy atom. The molecule has 1 saturated carbocycles. The molecule has 9 heteroatoms. The molecule has 8 nitrogen and oxygen atoms in total. The lowest BCUT2D eigenvalue weighted by Gasteiger charge is -2.30. The number of hydrogen-bond acceptors (Lipinski definition) is 6. The highest BCUT2D eigenvalue weighted by molar-refractivity contribution is 6.58. The van der Waals surface area contributed by atoms with Crippen molar-refractivity contribution in [1.29, 1.82) is 0 Å². The minimum absolute atomic E-state index is 0.0163. The summed E-state index contributed by atoms with van der Waals surface area (Å²) in [4.78, 5) is 12.0. The molecule has 0 bridgehead atoms. The molecule has 2 atom stereocenters. The third kappa shape index (κ3) is 4.34. The van der Waals surface area contributed by atoms with Crippen LogP contribution in [0.3, 0.4) is 0 Å². The molecule has 0 saturated heterocycles. The van der Waals surface area contributed by atoms with Crippen LogP contribution in [-0.4, -0.2) is 49.5 Å². The normalized spacial score (nSPS) is 20.8. The summed E-state index contributed by atoms with van der Waals surface area (Å²) in [7, 11) is -1.54. The summed E-state index contributed by atoms with van der Waals surface area (Å²) in [6.07, 6.45) is 4.79. The maximum absolute atomic E-state index is 12.0. The van der Waals surface area contributed by atoms with Crippen molar-refractivity contribution >= 4 is 24.3 Å². The zero-order chi connectivity index (χ0) is 18.9. The van der Waals surface area contributed by atoms with Gasteiger partial charge < -0.3 is 20.1 Å². The van der Waals surface area contributed by atoms with Crippen LogP contribution >= 0.6 is 0 Å². The third-order valence-electron chi connectivity index (χ3n) is 4.51. The lowest BCUT2D eigenvalue weighted by molar-refractivity contribution is 0.0490. The van der Waals surface area contributed by atoms with Crippen LogP contribution in [0.2, 0.25) is 0 Å². The van der Waals surface area contributed by atoms with Crippen LogP contribution in [0, 0.1) is 0 Å². The van der Waals surface area contributed by atoms with E-state index in [0.29, 0.717) is 11.1 Å². The summed E-state index contributed by atoms with van der Waals surface area (Å²) in [5, 5.41) is 30.2. The van der Waals surface area contributed by atoms with E-state index in [1.54, 1.807) is 22.7 Å². The van der Waals surface area contributed by atoms with E-state index in [2.05, 4.69) is 15.5 Å². The minimum Gasteiger partial charge on any atom is -0.444 e. The van der Waals surface area contributed by atoms with Gasteiger partial charge in [0.1, 0.15) is 11.4 Å². The first-order valence-electron chi connectivity index (χ1n) is 8.93. The number of hydrogen-bond donors (Lipinski definition) is 3. The quantitative estimate of drug-likeness (QED) is 0.704. The number of ether oxygens (including phenoxy) is 1. The number of rotatable bonds is 3. The van der Waals surface area contributed by atoms with Crippen LogP contribution in [0.15, 0.2) is 18.3 Å². The number of carbonyl (C=O) groups excluding carboxylic acids is 1. The van der Waals surface area contributed by atoms with Gasteiger partial charge in [0, 0.05) is 18.2 Å². The highest BCUT2D eigenvalue weighted by Gasteiger charge is 2.29. The lowest BCUT2D eigenvalue weighted by atomic mass is 9.81. The van der Waals surface area contributed by atoms with Gasteiger partial charge in [0.05, 0.1) is 0 Å². The molecule has 0 aliphatic heterocycles. The van der Waals surface area contributed by atoms with E-state index in [4.69, 9.17) is 4.74 Å². The minimum atomic E-state index is -1.54. The summed E-state index contributed by atoms with van der Waals surface area (Å²) in [6, 6.07) is 3.35. The summed E-state index contributed by atoms with van der Waals surface area (Å²) >= 11 is 0. The highest BCUT2D eigenvalue weighted by atomic mass is 16.6. The summed E-state index contributed by atoms with van der Waals surface area (Å²) in [5.74, 6) is 0.906. The molecule has 0 aromatic carbocycles. The molecule has 1 aliphatic carbocycles. The van der Waals surface area contributed by atoms with Crippen LogP contribution in [0.5, 0.6) is 0 Å². The number of fused-ring (bicyclic) bond motifs is 1. The first kappa shape index (κ1) is 18.7. The Morgan fingerprint density at radius 1 is 1.31 bits per heavy atom. The Kier molecular flexibility index (Phi) is 5.20. The number of carbonyl (C=O) groups is 1. The number of amides is 1. The molecule has 26 heavy (non-hydrogen) atoms. The van der Waals surface area contributed by atoms with Crippen molar-refractivity contribution in [3.63, 3.8) is 0 Å². The van der Waals surface area contributed by atoms with E-state index in [9.17, 15) is 14.8 Å².